The zero-order valence-electron chi connectivity index (χ0n) is 14.4. The minimum absolute atomic E-state index is 0.0382. The molecule has 0 unspecified atom stereocenters. The molecule has 2 aromatic rings. The molecule has 0 fully saturated rings. The van der Waals surface area contributed by atoms with Crippen molar-refractivity contribution in [1.29, 1.82) is 0 Å². The first kappa shape index (κ1) is 18.0. The number of nitrogens with zero attached hydrogens (tertiary/aromatic N) is 1. The van der Waals surface area contributed by atoms with Crippen molar-refractivity contribution in [3.8, 4) is 0 Å². The van der Waals surface area contributed by atoms with Crippen molar-refractivity contribution in [3.63, 3.8) is 0 Å². The van der Waals surface area contributed by atoms with E-state index < -0.39 is 9.84 Å². The Labute approximate surface area is 153 Å². The van der Waals surface area contributed by atoms with Gasteiger partial charge in [-0.15, -0.1) is 0 Å². The topological polar surface area (TPSA) is 54.5 Å². The zero-order chi connectivity index (χ0) is 18.0. The van der Waals surface area contributed by atoms with E-state index in [9.17, 15) is 13.2 Å². The Bertz CT molecular complexity index is 889. The molecule has 1 amide bonds. The van der Waals surface area contributed by atoms with Gasteiger partial charge in [-0.1, -0.05) is 12.1 Å². The number of benzene rings is 2. The third kappa shape index (κ3) is 3.90. The molecule has 0 saturated carbocycles. The smallest absolute Gasteiger partial charge is 0.258 e. The summed E-state index contributed by atoms with van der Waals surface area (Å²) in [5.74, 6) is 0.888. The molecule has 3 rings (SSSR count). The molecule has 25 heavy (non-hydrogen) atoms. The van der Waals surface area contributed by atoms with E-state index in [1.807, 2.05) is 24.3 Å². The van der Waals surface area contributed by atoms with Crippen LogP contribution in [-0.4, -0.2) is 33.4 Å². The van der Waals surface area contributed by atoms with E-state index in [0.717, 1.165) is 29.8 Å². The maximum atomic E-state index is 12.9. The van der Waals surface area contributed by atoms with Crippen LogP contribution in [0.4, 0.5) is 5.69 Å². The summed E-state index contributed by atoms with van der Waals surface area (Å²) in [5.41, 5.74) is 3.59. The summed E-state index contributed by atoms with van der Waals surface area (Å²) in [6.07, 6.45) is 4.87. The summed E-state index contributed by atoms with van der Waals surface area (Å²) in [5, 5.41) is 0. The Hall–Kier alpha value is -1.79. The minimum atomic E-state index is -3.24. The molecular formula is C19H21NO3S2. The van der Waals surface area contributed by atoms with Gasteiger partial charge in [-0.2, -0.15) is 11.8 Å². The number of anilines is 1. The fraction of sp³-hybridized carbons (Fsp3) is 0.316. The number of carbonyl (C=O) groups is 1. The summed E-state index contributed by atoms with van der Waals surface area (Å²) in [6, 6.07) is 12.8. The lowest BCUT2D eigenvalue weighted by Gasteiger charge is -2.30. The van der Waals surface area contributed by atoms with Crippen molar-refractivity contribution in [3.05, 3.63) is 59.2 Å². The summed E-state index contributed by atoms with van der Waals surface area (Å²) in [4.78, 5) is 15.0. The lowest BCUT2D eigenvalue weighted by Crippen LogP contribution is -2.35. The fourth-order valence-corrected chi connectivity index (χ4v) is 4.28. The quantitative estimate of drug-likeness (QED) is 0.820. The Balaban J connectivity index is 1.90. The van der Waals surface area contributed by atoms with Crippen LogP contribution in [0.2, 0.25) is 0 Å². The Kier molecular flexibility index (Phi) is 5.20. The van der Waals surface area contributed by atoms with Crippen LogP contribution >= 0.6 is 11.8 Å². The molecule has 0 atom stereocenters. The number of hydrogen-bond donors (Lipinski definition) is 0. The highest BCUT2D eigenvalue weighted by Crippen LogP contribution is 2.30. The number of hydrogen-bond acceptors (Lipinski definition) is 4. The van der Waals surface area contributed by atoms with Gasteiger partial charge in [0.15, 0.2) is 9.84 Å². The summed E-state index contributed by atoms with van der Waals surface area (Å²) < 4.78 is 23.5. The van der Waals surface area contributed by atoms with E-state index >= 15 is 0 Å². The number of aryl methyl sites for hydroxylation is 1. The van der Waals surface area contributed by atoms with Crippen molar-refractivity contribution < 1.29 is 13.2 Å². The Morgan fingerprint density at radius 1 is 1.16 bits per heavy atom. The van der Waals surface area contributed by atoms with Crippen molar-refractivity contribution in [2.45, 2.75) is 23.5 Å². The highest BCUT2D eigenvalue weighted by atomic mass is 32.2. The average molecular weight is 376 g/mol. The predicted octanol–water partition coefficient (Wildman–Crippen LogP) is 3.55. The molecule has 0 bridgehead atoms. The number of sulfone groups is 1. The molecule has 0 radical (unpaired) electrons. The van der Waals surface area contributed by atoms with Gasteiger partial charge < -0.3 is 4.90 Å². The Morgan fingerprint density at radius 2 is 1.88 bits per heavy atom. The largest absolute Gasteiger partial charge is 0.308 e. The summed E-state index contributed by atoms with van der Waals surface area (Å²) >= 11 is 1.75. The van der Waals surface area contributed by atoms with Gasteiger partial charge in [0, 0.05) is 29.8 Å². The van der Waals surface area contributed by atoms with Gasteiger partial charge in [0.25, 0.3) is 5.91 Å². The van der Waals surface area contributed by atoms with Crippen molar-refractivity contribution in [2.24, 2.45) is 0 Å². The molecule has 132 valence electrons. The van der Waals surface area contributed by atoms with Crippen LogP contribution in [-0.2, 0) is 22.0 Å². The molecule has 0 aliphatic carbocycles. The van der Waals surface area contributed by atoms with Gasteiger partial charge in [0.1, 0.15) is 0 Å². The van der Waals surface area contributed by atoms with Crippen LogP contribution in [0.25, 0.3) is 0 Å². The first-order valence-corrected chi connectivity index (χ1v) is 11.4. The maximum absolute atomic E-state index is 12.9. The zero-order valence-corrected chi connectivity index (χ0v) is 16.0. The first-order valence-electron chi connectivity index (χ1n) is 8.13. The van der Waals surface area contributed by atoms with Gasteiger partial charge in [0.2, 0.25) is 0 Å². The summed E-state index contributed by atoms with van der Waals surface area (Å²) in [7, 11) is -3.24. The molecule has 0 aromatic heterocycles. The molecule has 1 heterocycles. The first-order chi connectivity index (χ1) is 11.9. The van der Waals surface area contributed by atoms with E-state index in [0.29, 0.717) is 17.0 Å². The average Bonchev–Trinajstić information content (AvgIpc) is 2.60. The lowest BCUT2D eigenvalue weighted by atomic mass is 10.0. The molecular weight excluding hydrogens is 354 g/mol. The van der Waals surface area contributed by atoms with Crippen LogP contribution in [0.1, 0.15) is 27.9 Å². The molecule has 1 aliphatic heterocycles. The van der Waals surface area contributed by atoms with E-state index in [1.165, 1.54) is 11.8 Å². The number of carbonyl (C=O) groups excluding carboxylic acids is 1. The van der Waals surface area contributed by atoms with Gasteiger partial charge in [-0.3, -0.25) is 4.79 Å². The SMILES string of the molecule is CSCc1ccc(C(=O)N2CCCc3cc(S(C)(=O)=O)ccc32)cc1. The molecule has 2 aromatic carbocycles. The van der Waals surface area contributed by atoms with Gasteiger partial charge in [-0.25, -0.2) is 8.42 Å². The standard InChI is InChI=1S/C19H21NO3S2/c1-24-13-14-5-7-15(8-6-14)19(21)20-11-3-4-16-12-17(25(2,22)23)9-10-18(16)20/h5-10,12H,3-4,11,13H2,1-2H3. The van der Waals surface area contributed by atoms with E-state index in [1.54, 1.807) is 34.9 Å². The highest BCUT2D eigenvalue weighted by Gasteiger charge is 2.24. The molecule has 0 spiro atoms. The van der Waals surface area contributed by atoms with E-state index in [-0.39, 0.29) is 5.91 Å². The Morgan fingerprint density at radius 3 is 2.52 bits per heavy atom. The molecule has 6 heteroatoms. The van der Waals surface area contributed by atoms with Crippen LogP contribution < -0.4 is 4.90 Å². The van der Waals surface area contributed by atoms with Crippen LogP contribution in [0.3, 0.4) is 0 Å². The number of thioether (sulfide) groups is 1. The predicted molar refractivity (Wildman–Crippen MR) is 103 cm³/mol. The van der Waals surface area contributed by atoms with Crippen LogP contribution in [0.15, 0.2) is 47.4 Å². The molecule has 4 nitrogen and oxygen atoms in total. The third-order valence-electron chi connectivity index (χ3n) is 4.35. The van der Waals surface area contributed by atoms with Crippen molar-refractivity contribution in [1.82, 2.24) is 0 Å². The lowest BCUT2D eigenvalue weighted by molar-refractivity contribution is 0.0985. The monoisotopic (exact) mass is 375 g/mol. The minimum Gasteiger partial charge on any atom is -0.308 e. The third-order valence-corrected chi connectivity index (χ3v) is 6.09. The van der Waals surface area contributed by atoms with E-state index in [2.05, 4.69) is 6.26 Å². The van der Waals surface area contributed by atoms with Crippen molar-refractivity contribution in [2.75, 3.05) is 24.0 Å². The fourth-order valence-electron chi connectivity index (χ4n) is 3.08. The number of rotatable bonds is 4. The van der Waals surface area contributed by atoms with Gasteiger partial charge >= 0.3 is 0 Å². The maximum Gasteiger partial charge on any atom is 0.258 e. The van der Waals surface area contributed by atoms with Gasteiger partial charge in [-0.05, 0) is 60.6 Å². The highest BCUT2D eigenvalue weighted by molar-refractivity contribution is 7.97. The number of fused-ring (bicyclic) bond motifs is 1. The second-order valence-corrected chi connectivity index (χ2v) is 9.13. The normalized spacial score (nSPS) is 14.2. The molecule has 1 aliphatic rings. The summed E-state index contributed by atoms with van der Waals surface area (Å²) in [6.45, 7) is 0.649. The second kappa shape index (κ2) is 7.22. The number of amides is 1. The molecule has 0 N–H and O–H groups in total. The van der Waals surface area contributed by atoms with Crippen molar-refractivity contribution >= 4 is 33.2 Å². The van der Waals surface area contributed by atoms with Crippen LogP contribution in [0.5, 0.6) is 0 Å². The van der Waals surface area contributed by atoms with E-state index in [4.69, 9.17) is 0 Å². The van der Waals surface area contributed by atoms with Crippen LogP contribution in [0, 0.1) is 0 Å². The van der Waals surface area contributed by atoms with Gasteiger partial charge in [0.05, 0.1) is 4.90 Å². The second-order valence-electron chi connectivity index (χ2n) is 6.25. The molecule has 0 saturated heterocycles.